The Labute approximate surface area is 155 Å². The first-order chi connectivity index (χ1) is 13.1. The van der Waals surface area contributed by atoms with Crippen molar-refractivity contribution in [3.63, 3.8) is 0 Å². The van der Waals surface area contributed by atoms with Crippen LogP contribution >= 0.6 is 0 Å². The molecule has 140 valence electrons. The van der Waals surface area contributed by atoms with Crippen molar-refractivity contribution in [3.8, 4) is 0 Å². The normalized spacial score (nSPS) is 11.3. The van der Waals surface area contributed by atoms with Crippen LogP contribution in [-0.4, -0.2) is 31.3 Å². The first-order valence-corrected chi connectivity index (χ1v) is 7.86. The molecule has 2 aromatic rings. The van der Waals surface area contributed by atoms with E-state index in [4.69, 9.17) is 14.3 Å². The van der Waals surface area contributed by atoms with Gasteiger partial charge in [-0.1, -0.05) is 41.6 Å². The van der Waals surface area contributed by atoms with E-state index in [-0.39, 0.29) is 17.9 Å². The van der Waals surface area contributed by atoms with Crippen molar-refractivity contribution in [1.82, 2.24) is 0 Å². The lowest BCUT2D eigenvalue weighted by molar-refractivity contribution is -0.384. The summed E-state index contributed by atoms with van der Waals surface area (Å²) < 4.78 is 9.73. The van der Waals surface area contributed by atoms with Crippen molar-refractivity contribution >= 4 is 23.4 Å². The molecule has 8 nitrogen and oxygen atoms in total. The molecule has 2 aromatic carbocycles. The van der Waals surface area contributed by atoms with Gasteiger partial charge < -0.3 is 14.3 Å². The van der Waals surface area contributed by atoms with E-state index in [1.165, 1.54) is 38.8 Å². The third-order valence-electron chi connectivity index (χ3n) is 3.51. The lowest BCUT2D eigenvalue weighted by Crippen LogP contribution is -2.06. The molecular formula is C19H18N2O6. The summed E-state index contributed by atoms with van der Waals surface area (Å²) in [5, 5.41) is 14.7. The summed E-state index contributed by atoms with van der Waals surface area (Å²) >= 11 is 0. The summed E-state index contributed by atoms with van der Waals surface area (Å²) in [5.41, 5.74) is 2.02. The molecule has 0 radical (unpaired) electrons. The van der Waals surface area contributed by atoms with Crippen LogP contribution in [-0.2, 0) is 25.7 Å². The van der Waals surface area contributed by atoms with E-state index in [1.54, 1.807) is 36.4 Å². The minimum Gasteiger partial charge on any atom is -0.503 e. The molecule has 0 aliphatic carbocycles. The highest BCUT2D eigenvalue weighted by Gasteiger charge is 2.15. The second kappa shape index (κ2) is 9.71. The number of carbonyl (C=O) groups excluding carboxylic acids is 1. The van der Waals surface area contributed by atoms with E-state index < -0.39 is 10.9 Å². The third kappa shape index (κ3) is 5.40. The molecule has 0 saturated carbocycles. The van der Waals surface area contributed by atoms with Crippen molar-refractivity contribution < 1.29 is 24.0 Å². The van der Waals surface area contributed by atoms with Gasteiger partial charge in [0.15, 0.2) is 0 Å². The van der Waals surface area contributed by atoms with Crippen molar-refractivity contribution in [2.45, 2.75) is 6.61 Å². The van der Waals surface area contributed by atoms with Gasteiger partial charge in [-0.05, 0) is 5.56 Å². The molecule has 0 unspecified atom stereocenters. The fourth-order valence-corrected chi connectivity index (χ4v) is 2.27. The van der Waals surface area contributed by atoms with Crippen LogP contribution in [0.4, 0.5) is 5.69 Å². The fraction of sp³-hybridized carbons (Fsp3) is 0.158. The number of ether oxygens (including phenoxy) is 2. The number of methoxy groups -OCH3 is 2. The molecule has 2 rings (SSSR count). The topological polar surface area (TPSA) is 100 Å². The molecule has 8 heteroatoms. The molecule has 0 atom stereocenters. The van der Waals surface area contributed by atoms with Crippen molar-refractivity contribution in [2.24, 2.45) is 5.16 Å². The zero-order chi connectivity index (χ0) is 19.6. The van der Waals surface area contributed by atoms with Crippen molar-refractivity contribution in [2.75, 3.05) is 14.2 Å². The van der Waals surface area contributed by atoms with Gasteiger partial charge in [0.1, 0.15) is 12.2 Å². The Hall–Kier alpha value is -3.68. The Bertz CT molecular complexity index is 876. The zero-order valence-electron chi connectivity index (χ0n) is 14.8. The van der Waals surface area contributed by atoms with Crippen LogP contribution in [0.15, 0.2) is 59.9 Å². The number of nitro benzene ring substituents is 1. The van der Waals surface area contributed by atoms with Gasteiger partial charge in [-0.3, -0.25) is 10.1 Å². The fourth-order valence-electron chi connectivity index (χ4n) is 2.27. The number of benzene rings is 2. The highest BCUT2D eigenvalue weighted by molar-refractivity contribution is 6.18. The number of esters is 1. The molecule has 0 saturated heterocycles. The minimum absolute atomic E-state index is 0.0159. The Morgan fingerprint density at radius 1 is 1.19 bits per heavy atom. The molecule has 0 heterocycles. The van der Waals surface area contributed by atoms with Gasteiger partial charge in [0.2, 0.25) is 0 Å². The predicted octanol–water partition coefficient (Wildman–Crippen LogP) is 3.31. The van der Waals surface area contributed by atoms with E-state index >= 15 is 0 Å². The maximum Gasteiger partial charge on any atom is 0.341 e. The van der Waals surface area contributed by atoms with Crippen LogP contribution in [0, 0.1) is 10.1 Å². The Morgan fingerprint density at radius 3 is 2.67 bits per heavy atom. The highest BCUT2D eigenvalue weighted by atomic mass is 16.6. The molecule has 27 heavy (non-hydrogen) atoms. The summed E-state index contributed by atoms with van der Waals surface area (Å²) in [7, 11) is 2.71. The maximum absolute atomic E-state index is 12.0. The SMILES string of the molecule is CO/C=C(/C(=O)OC)c1ccccc1C=NOCc1cccc([N+](=O)[O-])c1. The quantitative estimate of drug-likeness (QED) is 0.176. The van der Waals surface area contributed by atoms with E-state index in [0.29, 0.717) is 16.7 Å². The van der Waals surface area contributed by atoms with Crippen LogP contribution in [0.5, 0.6) is 0 Å². The Kier molecular flexibility index (Phi) is 7.07. The van der Waals surface area contributed by atoms with Gasteiger partial charge >= 0.3 is 5.97 Å². The van der Waals surface area contributed by atoms with Gasteiger partial charge in [0, 0.05) is 23.3 Å². The number of carbonyl (C=O) groups is 1. The first kappa shape index (κ1) is 19.6. The molecular weight excluding hydrogens is 352 g/mol. The molecule has 0 N–H and O–H groups in total. The number of hydrogen-bond donors (Lipinski definition) is 0. The summed E-state index contributed by atoms with van der Waals surface area (Å²) in [5.74, 6) is -0.546. The summed E-state index contributed by atoms with van der Waals surface area (Å²) in [6.45, 7) is 0.0676. The molecule has 0 aromatic heterocycles. The van der Waals surface area contributed by atoms with Crippen LogP contribution in [0.3, 0.4) is 0 Å². The van der Waals surface area contributed by atoms with E-state index in [0.717, 1.165) is 0 Å². The Morgan fingerprint density at radius 2 is 1.96 bits per heavy atom. The van der Waals surface area contributed by atoms with Crippen LogP contribution < -0.4 is 0 Å². The van der Waals surface area contributed by atoms with Crippen LogP contribution in [0.1, 0.15) is 16.7 Å². The summed E-state index contributed by atoms with van der Waals surface area (Å²) in [6.07, 6.45) is 2.74. The largest absolute Gasteiger partial charge is 0.503 e. The minimum atomic E-state index is -0.546. The maximum atomic E-state index is 12.0. The average Bonchev–Trinajstić information content (AvgIpc) is 2.69. The molecule has 0 bridgehead atoms. The van der Waals surface area contributed by atoms with Crippen LogP contribution in [0.2, 0.25) is 0 Å². The number of nitro groups is 1. The molecule has 0 amide bonds. The molecule has 0 aliphatic rings. The number of oxime groups is 1. The lowest BCUT2D eigenvalue weighted by Gasteiger charge is -2.08. The van der Waals surface area contributed by atoms with E-state index in [9.17, 15) is 14.9 Å². The molecule has 0 spiro atoms. The second-order valence-corrected chi connectivity index (χ2v) is 5.28. The van der Waals surface area contributed by atoms with Crippen LogP contribution in [0.25, 0.3) is 5.57 Å². The summed E-state index contributed by atoms with van der Waals surface area (Å²) in [6, 6.07) is 13.1. The number of rotatable bonds is 8. The number of hydrogen-bond acceptors (Lipinski definition) is 7. The van der Waals surface area contributed by atoms with Gasteiger partial charge in [0.25, 0.3) is 5.69 Å². The predicted molar refractivity (Wildman–Crippen MR) is 98.9 cm³/mol. The third-order valence-corrected chi connectivity index (χ3v) is 3.51. The van der Waals surface area contributed by atoms with E-state index in [1.807, 2.05) is 0 Å². The van der Waals surface area contributed by atoms with E-state index in [2.05, 4.69) is 5.16 Å². The standard InChI is InChI=1S/C19H18N2O6/c1-25-13-18(19(22)26-2)17-9-4-3-7-15(17)11-20-27-12-14-6-5-8-16(10-14)21(23)24/h3-11,13H,12H2,1-2H3/b18-13+,20-11?. The van der Waals surface area contributed by atoms with Crippen molar-refractivity contribution in [1.29, 1.82) is 0 Å². The number of nitrogens with zero attached hydrogens (tertiary/aromatic N) is 2. The lowest BCUT2D eigenvalue weighted by atomic mass is 10.0. The molecule has 0 fully saturated rings. The Balaban J connectivity index is 2.14. The van der Waals surface area contributed by atoms with Gasteiger partial charge in [-0.25, -0.2) is 4.79 Å². The van der Waals surface area contributed by atoms with Gasteiger partial charge in [-0.15, -0.1) is 0 Å². The number of non-ortho nitro benzene ring substituents is 1. The second-order valence-electron chi connectivity index (χ2n) is 5.28. The highest BCUT2D eigenvalue weighted by Crippen LogP contribution is 2.20. The van der Waals surface area contributed by atoms with Gasteiger partial charge in [0.05, 0.1) is 31.6 Å². The first-order valence-electron chi connectivity index (χ1n) is 7.86. The monoisotopic (exact) mass is 370 g/mol. The zero-order valence-corrected chi connectivity index (χ0v) is 14.8. The average molecular weight is 370 g/mol. The van der Waals surface area contributed by atoms with Crippen molar-refractivity contribution in [3.05, 3.63) is 81.6 Å². The smallest absolute Gasteiger partial charge is 0.341 e. The van der Waals surface area contributed by atoms with Gasteiger partial charge in [-0.2, -0.15) is 0 Å². The summed E-state index contributed by atoms with van der Waals surface area (Å²) in [4.78, 5) is 27.5. The molecule has 0 aliphatic heterocycles.